The van der Waals surface area contributed by atoms with Crippen LogP contribution in [0.2, 0.25) is 0 Å². The smallest absolute Gasteiger partial charge is 0.124 e. The number of nitrogens with zero attached hydrogens (tertiary/aromatic N) is 6. The maximum Gasteiger partial charge on any atom is 0.124 e. The van der Waals surface area contributed by atoms with Crippen molar-refractivity contribution in [3.63, 3.8) is 0 Å². The Morgan fingerprint density at radius 2 is 1.09 bits per heavy atom. The maximum absolute atomic E-state index is 6.68. The predicted molar refractivity (Wildman–Crippen MR) is 232 cm³/mol. The van der Waals surface area contributed by atoms with Crippen LogP contribution in [0, 0.1) is 0 Å². The van der Waals surface area contributed by atoms with Gasteiger partial charge in [0.1, 0.15) is 12.4 Å². The van der Waals surface area contributed by atoms with Gasteiger partial charge in [-0.05, 0) is 91.0 Å². The zero-order valence-electron chi connectivity index (χ0n) is 33.8. The van der Waals surface area contributed by atoms with E-state index in [2.05, 4.69) is 154 Å². The molecule has 7 nitrogen and oxygen atoms in total. The van der Waals surface area contributed by atoms with Crippen molar-refractivity contribution in [2.75, 3.05) is 109 Å². The molecule has 8 rings (SSSR count). The summed E-state index contributed by atoms with van der Waals surface area (Å²) in [6.45, 7) is 22.1. The van der Waals surface area contributed by atoms with E-state index in [1.165, 1.54) is 76.7 Å². The van der Waals surface area contributed by atoms with Crippen LogP contribution in [0.3, 0.4) is 0 Å². The molecule has 0 saturated carbocycles. The molecule has 7 heteroatoms. The Labute approximate surface area is 330 Å². The lowest BCUT2D eigenvalue weighted by Crippen LogP contribution is -2.47. The monoisotopic (exact) mass is 738 g/mol. The number of para-hydroxylation sites is 2. The summed E-state index contributed by atoms with van der Waals surface area (Å²) in [6, 6.07) is 31.5. The molecule has 290 valence electrons. The summed E-state index contributed by atoms with van der Waals surface area (Å²) in [5, 5.41) is 0. The lowest BCUT2D eigenvalue weighted by molar-refractivity contribution is 0.116. The van der Waals surface area contributed by atoms with Crippen molar-refractivity contribution in [1.82, 2.24) is 19.6 Å². The Kier molecular flexibility index (Phi) is 11.6. The first-order valence-corrected chi connectivity index (χ1v) is 20.9. The van der Waals surface area contributed by atoms with Crippen molar-refractivity contribution in [3.8, 4) is 5.75 Å². The number of piperazine rings is 2. The molecule has 0 aromatic heterocycles. The second kappa shape index (κ2) is 16.9. The zero-order valence-corrected chi connectivity index (χ0v) is 33.8. The molecule has 4 aliphatic heterocycles. The Morgan fingerprint density at radius 3 is 1.71 bits per heavy atom. The summed E-state index contributed by atoms with van der Waals surface area (Å²) in [7, 11) is 2.24. The van der Waals surface area contributed by atoms with Gasteiger partial charge in [0, 0.05) is 107 Å². The molecule has 2 fully saturated rings. The molecule has 2 saturated heterocycles. The Bertz CT molecular complexity index is 1880. The number of rotatable bonds is 12. The SMILES string of the molecule is CN1CCN(CCCN2c3cc(C(C)(C)C)ccc3Cc3c(OCCN4CCN(CCCN5c6ccccc6C=Cc6ccccc65)CC4)cccc32)CC1. The van der Waals surface area contributed by atoms with Gasteiger partial charge >= 0.3 is 0 Å². The summed E-state index contributed by atoms with van der Waals surface area (Å²) in [4.78, 5) is 15.5. The summed E-state index contributed by atoms with van der Waals surface area (Å²) >= 11 is 0. The predicted octanol–water partition coefficient (Wildman–Crippen LogP) is 8.37. The highest BCUT2D eigenvalue weighted by Gasteiger charge is 2.28. The highest BCUT2D eigenvalue weighted by molar-refractivity contribution is 5.88. The number of fused-ring (bicyclic) bond motifs is 4. The molecule has 4 heterocycles. The number of anilines is 4. The van der Waals surface area contributed by atoms with Gasteiger partial charge in [0.05, 0.1) is 0 Å². The van der Waals surface area contributed by atoms with E-state index in [1.54, 1.807) is 0 Å². The molecule has 0 amide bonds. The minimum Gasteiger partial charge on any atom is -0.492 e. The second-order valence-electron chi connectivity index (χ2n) is 17.2. The van der Waals surface area contributed by atoms with Crippen LogP contribution in [0.5, 0.6) is 5.75 Å². The number of hydrogen-bond acceptors (Lipinski definition) is 7. The Morgan fingerprint density at radius 1 is 0.545 bits per heavy atom. The number of ether oxygens (including phenoxy) is 1. The van der Waals surface area contributed by atoms with Crippen LogP contribution in [0.15, 0.2) is 84.9 Å². The van der Waals surface area contributed by atoms with Gasteiger partial charge in [0.25, 0.3) is 0 Å². The van der Waals surface area contributed by atoms with E-state index in [0.717, 1.165) is 90.5 Å². The van der Waals surface area contributed by atoms with E-state index < -0.39 is 0 Å². The van der Waals surface area contributed by atoms with Crippen LogP contribution in [0.4, 0.5) is 22.7 Å². The normalized spacial score (nSPS) is 18.0. The van der Waals surface area contributed by atoms with Gasteiger partial charge in [-0.3, -0.25) is 4.90 Å². The average molecular weight is 739 g/mol. The molecule has 4 aromatic rings. The summed E-state index contributed by atoms with van der Waals surface area (Å²) < 4.78 is 6.68. The van der Waals surface area contributed by atoms with E-state index in [-0.39, 0.29) is 5.41 Å². The van der Waals surface area contributed by atoms with Gasteiger partial charge in [-0.25, -0.2) is 0 Å². The van der Waals surface area contributed by atoms with Gasteiger partial charge in [-0.2, -0.15) is 0 Å². The third-order valence-electron chi connectivity index (χ3n) is 12.3. The van der Waals surface area contributed by atoms with E-state index in [9.17, 15) is 0 Å². The highest BCUT2D eigenvalue weighted by atomic mass is 16.5. The standard InChI is InChI=1S/C48H62N6O/c1-48(2,3)41-21-20-40-36-42-45(54(46(40)37-41)25-11-22-50-28-26-49(4)27-29-50)16-9-17-47(42)55-35-34-52-32-30-51(31-33-52)23-10-24-53-43-14-7-5-12-38(43)18-19-39-13-6-8-15-44(39)53/h5-9,12-21,37H,10-11,22-36H2,1-4H3. The molecule has 0 N–H and O–H groups in total. The van der Waals surface area contributed by atoms with Crippen molar-refractivity contribution in [2.24, 2.45) is 0 Å². The first kappa shape index (κ1) is 37.8. The fourth-order valence-corrected chi connectivity index (χ4v) is 8.91. The molecular weight excluding hydrogens is 677 g/mol. The van der Waals surface area contributed by atoms with Crippen molar-refractivity contribution < 1.29 is 4.74 Å². The summed E-state index contributed by atoms with van der Waals surface area (Å²) in [5.74, 6) is 1.05. The topological polar surface area (TPSA) is 28.7 Å². The van der Waals surface area contributed by atoms with Gasteiger partial charge in [0.2, 0.25) is 0 Å². The summed E-state index contributed by atoms with van der Waals surface area (Å²) in [6.07, 6.45) is 7.73. The molecule has 4 aromatic carbocycles. The van der Waals surface area contributed by atoms with Gasteiger partial charge < -0.3 is 29.2 Å². The number of likely N-dealkylation sites (N-methyl/N-ethyl adjacent to an activating group) is 1. The zero-order chi connectivity index (χ0) is 37.8. The van der Waals surface area contributed by atoms with E-state index in [0.29, 0.717) is 0 Å². The number of hydrogen-bond donors (Lipinski definition) is 0. The van der Waals surface area contributed by atoms with Crippen LogP contribution >= 0.6 is 0 Å². The fraction of sp³-hybridized carbons (Fsp3) is 0.458. The lowest BCUT2D eigenvalue weighted by Gasteiger charge is -2.37. The quantitative estimate of drug-likeness (QED) is 0.144. The van der Waals surface area contributed by atoms with Crippen LogP contribution < -0.4 is 14.5 Å². The minimum absolute atomic E-state index is 0.113. The van der Waals surface area contributed by atoms with E-state index in [4.69, 9.17) is 4.74 Å². The van der Waals surface area contributed by atoms with Gasteiger partial charge in [-0.15, -0.1) is 0 Å². The van der Waals surface area contributed by atoms with E-state index in [1.807, 2.05) is 0 Å². The summed E-state index contributed by atoms with van der Waals surface area (Å²) in [5.41, 5.74) is 12.2. The van der Waals surface area contributed by atoms with Crippen LogP contribution in [0.1, 0.15) is 61.4 Å². The van der Waals surface area contributed by atoms with Gasteiger partial charge in [0.15, 0.2) is 0 Å². The molecule has 4 aliphatic rings. The van der Waals surface area contributed by atoms with Crippen LogP contribution in [0.25, 0.3) is 12.2 Å². The third kappa shape index (κ3) is 8.81. The molecule has 0 atom stereocenters. The first-order chi connectivity index (χ1) is 26.8. The molecule has 55 heavy (non-hydrogen) atoms. The highest BCUT2D eigenvalue weighted by Crippen LogP contribution is 2.44. The maximum atomic E-state index is 6.68. The van der Waals surface area contributed by atoms with Crippen LogP contribution in [-0.2, 0) is 11.8 Å². The van der Waals surface area contributed by atoms with Crippen molar-refractivity contribution in [1.29, 1.82) is 0 Å². The Balaban J connectivity index is 0.853. The largest absolute Gasteiger partial charge is 0.492 e. The molecule has 0 radical (unpaired) electrons. The van der Waals surface area contributed by atoms with Crippen molar-refractivity contribution in [3.05, 3.63) is 113 Å². The van der Waals surface area contributed by atoms with Crippen LogP contribution in [-0.4, -0.2) is 118 Å². The first-order valence-electron chi connectivity index (χ1n) is 20.9. The average Bonchev–Trinajstić information content (AvgIpc) is 3.35. The molecule has 0 unspecified atom stereocenters. The van der Waals surface area contributed by atoms with E-state index >= 15 is 0 Å². The Hall–Kier alpha value is -4.14. The van der Waals surface area contributed by atoms with Crippen molar-refractivity contribution in [2.45, 2.75) is 45.4 Å². The molecule has 0 spiro atoms. The molecular formula is C48H62N6O. The fourth-order valence-electron chi connectivity index (χ4n) is 8.91. The molecule has 0 aliphatic carbocycles. The minimum atomic E-state index is 0.113. The molecule has 0 bridgehead atoms. The number of benzene rings is 4. The third-order valence-corrected chi connectivity index (χ3v) is 12.3. The second-order valence-corrected chi connectivity index (χ2v) is 17.2. The lowest BCUT2D eigenvalue weighted by atomic mass is 9.84. The van der Waals surface area contributed by atoms with Gasteiger partial charge in [-0.1, -0.05) is 87.5 Å². The van der Waals surface area contributed by atoms with Crippen molar-refractivity contribution >= 4 is 34.9 Å².